The van der Waals surface area contributed by atoms with E-state index in [9.17, 15) is 17.6 Å². The lowest BCUT2D eigenvalue weighted by Crippen LogP contribution is -2.33. The summed E-state index contributed by atoms with van der Waals surface area (Å²) in [6.07, 6.45) is 0. The number of carboxylic acids is 1. The quantitative estimate of drug-likeness (QED) is 0.836. The third-order valence-electron chi connectivity index (χ3n) is 4.14. The second kappa shape index (κ2) is 4.01. The molecule has 0 amide bonds. The number of hydrogen-bond donors (Lipinski definition) is 1. The first-order chi connectivity index (χ1) is 9.25. The van der Waals surface area contributed by atoms with Crippen molar-refractivity contribution in [1.82, 2.24) is 14.1 Å². The first-order valence-electron chi connectivity index (χ1n) is 6.17. The maximum atomic E-state index is 13.9. The Morgan fingerprint density at radius 2 is 1.95 bits per heavy atom. The smallest absolute Gasteiger partial charge is 0.307 e. The Morgan fingerprint density at radius 1 is 1.40 bits per heavy atom. The number of rotatable bonds is 3. The van der Waals surface area contributed by atoms with Crippen molar-refractivity contribution in [2.45, 2.75) is 11.8 Å². The molecule has 0 radical (unpaired) electrons. The molecule has 1 aliphatic carbocycles. The van der Waals surface area contributed by atoms with Gasteiger partial charge in [-0.2, -0.15) is 13.8 Å². The molecule has 2 atom stereocenters. The molecule has 1 aliphatic heterocycles. The highest BCUT2D eigenvalue weighted by atomic mass is 32.2. The number of halogens is 1. The highest BCUT2D eigenvalue weighted by Gasteiger charge is 2.62. The molecule has 2 fully saturated rings. The number of carbonyl (C=O) groups is 1. The van der Waals surface area contributed by atoms with Crippen molar-refractivity contribution in [2.75, 3.05) is 13.1 Å². The van der Waals surface area contributed by atoms with Crippen molar-refractivity contribution in [3.05, 3.63) is 11.6 Å². The van der Waals surface area contributed by atoms with E-state index in [1.165, 1.54) is 14.0 Å². The summed E-state index contributed by atoms with van der Waals surface area (Å²) in [6.45, 7) is 1.71. The van der Waals surface area contributed by atoms with Gasteiger partial charge in [-0.15, -0.1) is 0 Å². The topological polar surface area (TPSA) is 92.5 Å². The highest BCUT2D eigenvalue weighted by molar-refractivity contribution is 7.89. The summed E-state index contributed by atoms with van der Waals surface area (Å²) in [5.74, 6) is -2.54. The van der Waals surface area contributed by atoms with Crippen LogP contribution in [0.2, 0.25) is 0 Å². The lowest BCUT2D eigenvalue weighted by Gasteiger charge is -2.18. The first-order valence-corrected chi connectivity index (χ1v) is 7.61. The number of aliphatic carboxylic acids is 1. The molecule has 1 saturated heterocycles. The number of carboxylic acid groups (broad SMARTS) is 1. The van der Waals surface area contributed by atoms with Crippen LogP contribution in [-0.4, -0.2) is 46.7 Å². The fourth-order valence-electron chi connectivity index (χ4n) is 3.08. The molecule has 0 bridgehead atoms. The molecule has 2 aliphatic rings. The minimum atomic E-state index is -3.95. The molecule has 2 heterocycles. The molecule has 3 rings (SSSR count). The van der Waals surface area contributed by atoms with Gasteiger partial charge in [0, 0.05) is 20.1 Å². The van der Waals surface area contributed by atoms with Gasteiger partial charge in [-0.1, -0.05) is 0 Å². The summed E-state index contributed by atoms with van der Waals surface area (Å²) in [5, 5.41) is 12.7. The summed E-state index contributed by atoms with van der Waals surface area (Å²) in [7, 11) is -2.61. The number of hydrogen-bond acceptors (Lipinski definition) is 4. The van der Waals surface area contributed by atoms with Gasteiger partial charge in [-0.05, 0) is 18.8 Å². The van der Waals surface area contributed by atoms with Crippen LogP contribution in [0, 0.1) is 30.6 Å². The van der Waals surface area contributed by atoms with Gasteiger partial charge in [0.05, 0.1) is 11.6 Å². The Morgan fingerprint density at radius 3 is 2.35 bits per heavy atom. The van der Waals surface area contributed by atoms with E-state index in [-0.39, 0.29) is 30.6 Å². The molecule has 0 unspecified atom stereocenters. The predicted molar refractivity (Wildman–Crippen MR) is 64.8 cm³/mol. The van der Waals surface area contributed by atoms with Gasteiger partial charge in [-0.3, -0.25) is 4.79 Å². The number of aryl methyl sites for hydroxylation is 2. The number of nitrogens with zero attached hydrogens (tertiary/aromatic N) is 3. The Labute approximate surface area is 115 Å². The molecule has 0 spiro atoms. The zero-order valence-corrected chi connectivity index (χ0v) is 11.8. The molecular formula is C11H14FN3O4S. The van der Waals surface area contributed by atoms with Crippen LogP contribution < -0.4 is 0 Å². The lowest BCUT2D eigenvalue weighted by molar-refractivity contribution is -0.139. The molecule has 1 N–H and O–H groups in total. The fourth-order valence-corrected chi connectivity index (χ4v) is 4.84. The van der Waals surface area contributed by atoms with Gasteiger partial charge in [-0.25, -0.2) is 13.1 Å². The third-order valence-corrected chi connectivity index (χ3v) is 6.10. The van der Waals surface area contributed by atoms with Crippen LogP contribution in [-0.2, 0) is 21.9 Å². The minimum absolute atomic E-state index is 0.111. The average Bonchev–Trinajstić information content (AvgIpc) is 2.70. The largest absolute Gasteiger partial charge is 0.481 e. The number of sulfonamides is 1. The van der Waals surface area contributed by atoms with E-state index in [2.05, 4.69) is 5.10 Å². The number of fused-ring (bicyclic) bond motifs is 1. The number of piperidine rings is 1. The monoisotopic (exact) mass is 303 g/mol. The van der Waals surface area contributed by atoms with Crippen molar-refractivity contribution in [2.24, 2.45) is 24.8 Å². The number of aromatic nitrogens is 2. The second-order valence-electron chi connectivity index (χ2n) is 5.34. The summed E-state index contributed by atoms with van der Waals surface area (Å²) < 4.78 is 40.8. The van der Waals surface area contributed by atoms with Crippen molar-refractivity contribution in [3.63, 3.8) is 0 Å². The second-order valence-corrected chi connectivity index (χ2v) is 7.22. The van der Waals surface area contributed by atoms with E-state index in [1.807, 2.05) is 0 Å². The zero-order chi connectivity index (χ0) is 14.8. The van der Waals surface area contributed by atoms with E-state index in [4.69, 9.17) is 5.11 Å². The van der Waals surface area contributed by atoms with E-state index >= 15 is 0 Å². The molecule has 1 aromatic rings. The molecule has 1 aromatic heterocycles. The molecule has 0 aromatic carbocycles. The molecule has 1 saturated carbocycles. The Kier molecular flexibility index (Phi) is 2.71. The Balaban J connectivity index is 1.87. The predicted octanol–water partition coefficient (Wildman–Crippen LogP) is -0.181. The van der Waals surface area contributed by atoms with E-state index in [0.29, 0.717) is 0 Å². The summed E-state index contributed by atoms with van der Waals surface area (Å²) in [4.78, 5) is 10.5. The minimum Gasteiger partial charge on any atom is -0.481 e. The molecule has 9 heteroatoms. The van der Waals surface area contributed by atoms with Crippen LogP contribution in [0.4, 0.5) is 4.39 Å². The third kappa shape index (κ3) is 1.69. The summed E-state index contributed by atoms with van der Waals surface area (Å²) in [5.41, 5.74) is 0.111. The van der Waals surface area contributed by atoms with Gasteiger partial charge < -0.3 is 5.11 Å². The maximum absolute atomic E-state index is 13.9. The molecule has 20 heavy (non-hydrogen) atoms. The van der Waals surface area contributed by atoms with Crippen molar-refractivity contribution < 1.29 is 22.7 Å². The first kappa shape index (κ1) is 13.5. The van der Waals surface area contributed by atoms with Gasteiger partial charge in [0.25, 0.3) is 0 Å². The van der Waals surface area contributed by atoms with Crippen molar-refractivity contribution in [3.8, 4) is 0 Å². The van der Waals surface area contributed by atoms with Gasteiger partial charge >= 0.3 is 5.97 Å². The van der Waals surface area contributed by atoms with Gasteiger partial charge in [0.15, 0.2) is 4.90 Å². The molecule has 110 valence electrons. The Hall–Kier alpha value is -1.48. The van der Waals surface area contributed by atoms with Crippen LogP contribution in [0.1, 0.15) is 5.69 Å². The van der Waals surface area contributed by atoms with Crippen molar-refractivity contribution >= 4 is 16.0 Å². The van der Waals surface area contributed by atoms with Crippen LogP contribution >= 0.6 is 0 Å². The average molecular weight is 303 g/mol. The normalized spacial score (nSPS) is 29.4. The fraction of sp³-hybridized carbons (Fsp3) is 0.636. The van der Waals surface area contributed by atoms with Crippen LogP contribution in [0.5, 0.6) is 0 Å². The van der Waals surface area contributed by atoms with E-state index in [1.54, 1.807) is 0 Å². The van der Waals surface area contributed by atoms with Crippen LogP contribution in [0.15, 0.2) is 4.90 Å². The zero-order valence-electron chi connectivity index (χ0n) is 10.9. The summed E-state index contributed by atoms with van der Waals surface area (Å²) in [6, 6.07) is 0. The lowest BCUT2D eigenvalue weighted by atomic mass is 10.3. The van der Waals surface area contributed by atoms with Gasteiger partial charge in [0.2, 0.25) is 16.0 Å². The standard InChI is InChI=1S/C11H14FN3O4S/c1-5-9(10(12)14(2)13-5)20(18,19)15-3-6-7(4-15)8(6)11(16)17/h6-8H,3-4H2,1-2H3,(H,16,17)/t6-,7-/m0/s1. The van der Waals surface area contributed by atoms with Crippen LogP contribution in [0.3, 0.4) is 0 Å². The van der Waals surface area contributed by atoms with Gasteiger partial charge in [0.1, 0.15) is 0 Å². The van der Waals surface area contributed by atoms with E-state index < -0.39 is 32.8 Å². The van der Waals surface area contributed by atoms with Crippen LogP contribution in [0.25, 0.3) is 0 Å². The molecular weight excluding hydrogens is 289 g/mol. The highest BCUT2D eigenvalue weighted by Crippen LogP contribution is 2.52. The SMILES string of the molecule is Cc1nn(C)c(F)c1S(=O)(=O)N1C[C@@H]2C(C(=O)O)[C@H]2C1. The Bertz CT molecular complexity index is 687. The summed E-state index contributed by atoms with van der Waals surface area (Å²) >= 11 is 0. The maximum Gasteiger partial charge on any atom is 0.307 e. The van der Waals surface area contributed by atoms with E-state index in [0.717, 1.165) is 8.99 Å². The van der Waals surface area contributed by atoms with Crippen molar-refractivity contribution in [1.29, 1.82) is 0 Å². The molecule has 7 nitrogen and oxygen atoms in total.